The van der Waals surface area contributed by atoms with E-state index in [4.69, 9.17) is 34.8 Å². The molecule has 0 aromatic carbocycles. The van der Waals surface area contributed by atoms with Gasteiger partial charge < -0.3 is 10.4 Å². The van der Waals surface area contributed by atoms with Crippen LogP contribution in [0.15, 0.2) is 0 Å². The van der Waals surface area contributed by atoms with Crippen molar-refractivity contribution in [2.75, 3.05) is 0 Å². The topological polar surface area (TPSA) is 49.3 Å². The van der Waals surface area contributed by atoms with Crippen LogP contribution in [0.2, 0.25) is 0 Å². The molecule has 0 aromatic heterocycles. The number of amides is 1. The highest BCUT2D eigenvalue weighted by Gasteiger charge is 2.40. The van der Waals surface area contributed by atoms with Crippen molar-refractivity contribution in [2.45, 2.75) is 49.6 Å². The van der Waals surface area contributed by atoms with Crippen molar-refractivity contribution < 1.29 is 9.90 Å². The van der Waals surface area contributed by atoms with Gasteiger partial charge in [-0.25, -0.2) is 0 Å². The number of carbonyl (C=O) groups is 1. The third kappa shape index (κ3) is 4.28. The summed E-state index contributed by atoms with van der Waals surface area (Å²) >= 11 is 17.4. The molecule has 0 radical (unpaired) electrons. The monoisotopic (exact) mass is 289 g/mol. The molecule has 0 heterocycles. The smallest absolute Gasteiger partial charge is 0.225 e. The van der Waals surface area contributed by atoms with Gasteiger partial charge in [0.1, 0.15) is 0 Å². The fourth-order valence-electron chi connectivity index (χ4n) is 1.23. The molecule has 0 aliphatic heterocycles. The maximum Gasteiger partial charge on any atom is 0.225 e. The quantitative estimate of drug-likeness (QED) is 0.584. The first-order chi connectivity index (χ1) is 7.27. The summed E-state index contributed by atoms with van der Waals surface area (Å²) in [7, 11) is 0. The maximum atomic E-state index is 11.7. The molecule has 2 N–H and O–H groups in total. The zero-order chi connectivity index (χ0) is 12.9. The average Bonchev–Trinajstić information content (AvgIpc) is 2.18. The van der Waals surface area contributed by atoms with Crippen LogP contribution in [0.25, 0.3) is 0 Å². The average molecular weight is 291 g/mol. The molecule has 0 rings (SSSR count). The molecule has 3 nitrogen and oxygen atoms in total. The molecule has 0 saturated heterocycles. The number of aliphatic hydroxyl groups excluding tert-OH is 1. The Hall–Kier alpha value is 0.300. The van der Waals surface area contributed by atoms with Crippen LogP contribution in [0.5, 0.6) is 0 Å². The van der Waals surface area contributed by atoms with Crippen LogP contribution in [-0.4, -0.2) is 27.0 Å². The number of hydrogen-bond acceptors (Lipinski definition) is 2. The molecule has 6 heteroatoms. The molecule has 0 spiro atoms. The van der Waals surface area contributed by atoms with Gasteiger partial charge in [-0.1, -0.05) is 37.0 Å². The second-order valence-corrected chi connectivity index (χ2v) is 5.81. The molecule has 0 saturated carbocycles. The summed E-state index contributed by atoms with van der Waals surface area (Å²) in [5.74, 6) is -0.412. The molecule has 1 amide bonds. The lowest BCUT2D eigenvalue weighted by atomic mass is 10.0. The normalized spacial score (nSPS) is 16.0. The van der Waals surface area contributed by atoms with Gasteiger partial charge in [0.05, 0.1) is 5.38 Å². The Morgan fingerprint density at radius 3 is 2.12 bits per heavy atom. The molecule has 0 aliphatic carbocycles. The summed E-state index contributed by atoms with van der Waals surface area (Å²) < 4.78 is -1.59. The predicted molar refractivity (Wildman–Crippen MR) is 68.0 cm³/mol. The molecular formula is C10H18Cl3NO2. The van der Waals surface area contributed by atoms with Gasteiger partial charge in [-0.05, 0) is 19.8 Å². The number of hydrogen-bond donors (Lipinski definition) is 2. The van der Waals surface area contributed by atoms with E-state index in [-0.39, 0.29) is 11.8 Å². The SMILES string of the molecule is CCC(CC)C(=O)N[C@H](O)C(Cl)(Cl)[C@H](C)Cl. The molecule has 96 valence electrons. The molecule has 2 atom stereocenters. The van der Waals surface area contributed by atoms with E-state index in [1.54, 1.807) is 6.92 Å². The van der Waals surface area contributed by atoms with Gasteiger partial charge in [-0.2, -0.15) is 0 Å². The zero-order valence-corrected chi connectivity index (χ0v) is 11.9. The van der Waals surface area contributed by atoms with Gasteiger partial charge in [0.2, 0.25) is 5.91 Å². The van der Waals surface area contributed by atoms with Crippen molar-refractivity contribution in [2.24, 2.45) is 5.92 Å². The van der Waals surface area contributed by atoms with Crippen molar-refractivity contribution in [3.63, 3.8) is 0 Å². The van der Waals surface area contributed by atoms with Gasteiger partial charge in [-0.3, -0.25) is 4.79 Å². The number of carbonyl (C=O) groups excluding carboxylic acids is 1. The molecular weight excluding hydrogens is 272 g/mol. The van der Waals surface area contributed by atoms with Crippen LogP contribution < -0.4 is 5.32 Å². The van der Waals surface area contributed by atoms with E-state index < -0.39 is 15.9 Å². The molecule has 0 unspecified atom stereocenters. The lowest BCUT2D eigenvalue weighted by Crippen LogP contribution is -2.51. The number of aliphatic hydroxyl groups is 1. The van der Waals surface area contributed by atoms with Gasteiger partial charge in [0.25, 0.3) is 0 Å². The Balaban J connectivity index is 4.45. The Bertz CT molecular complexity index is 230. The minimum Gasteiger partial charge on any atom is -0.370 e. The molecule has 0 bridgehead atoms. The van der Waals surface area contributed by atoms with Crippen molar-refractivity contribution in [1.29, 1.82) is 0 Å². The first-order valence-corrected chi connectivity index (χ1v) is 6.46. The molecule has 16 heavy (non-hydrogen) atoms. The van der Waals surface area contributed by atoms with Crippen LogP contribution in [0.1, 0.15) is 33.6 Å². The Kier molecular flexibility index (Phi) is 7.03. The van der Waals surface area contributed by atoms with Crippen molar-refractivity contribution in [3.8, 4) is 0 Å². The molecule has 0 fully saturated rings. The summed E-state index contributed by atoms with van der Waals surface area (Å²) in [5.41, 5.74) is 0. The highest BCUT2D eigenvalue weighted by Crippen LogP contribution is 2.32. The Morgan fingerprint density at radius 1 is 1.38 bits per heavy atom. The first kappa shape index (κ1) is 16.3. The van der Waals surface area contributed by atoms with E-state index >= 15 is 0 Å². The van der Waals surface area contributed by atoms with E-state index in [2.05, 4.69) is 5.32 Å². The fraction of sp³-hybridized carbons (Fsp3) is 0.900. The largest absolute Gasteiger partial charge is 0.370 e. The zero-order valence-electron chi connectivity index (χ0n) is 9.64. The third-order valence-electron chi connectivity index (χ3n) is 2.53. The lowest BCUT2D eigenvalue weighted by Gasteiger charge is -2.29. The van der Waals surface area contributed by atoms with E-state index in [1.165, 1.54) is 0 Å². The van der Waals surface area contributed by atoms with E-state index in [1.807, 2.05) is 13.8 Å². The number of alkyl halides is 3. The highest BCUT2D eigenvalue weighted by molar-refractivity contribution is 6.52. The summed E-state index contributed by atoms with van der Waals surface area (Å²) in [4.78, 5) is 11.7. The Morgan fingerprint density at radius 2 is 1.81 bits per heavy atom. The van der Waals surface area contributed by atoms with Crippen LogP contribution >= 0.6 is 34.8 Å². The third-order valence-corrected chi connectivity index (χ3v) is 4.17. The number of nitrogens with one attached hydrogen (secondary N) is 1. The maximum absolute atomic E-state index is 11.7. The predicted octanol–water partition coefficient (Wildman–Crippen LogP) is 2.66. The number of rotatable bonds is 6. The molecule has 0 aliphatic rings. The van der Waals surface area contributed by atoms with Crippen molar-refractivity contribution >= 4 is 40.7 Å². The summed E-state index contributed by atoms with van der Waals surface area (Å²) in [6.45, 7) is 5.35. The first-order valence-electron chi connectivity index (χ1n) is 5.27. The second-order valence-electron chi connectivity index (χ2n) is 3.72. The second kappa shape index (κ2) is 6.90. The minimum atomic E-state index is -1.59. The summed E-state index contributed by atoms with van der Waals surface area (Å²) in [6, 6.07) is 0. The highest BCUT2D eigenvalue weighted by atomic mass is 35.5. The van der Waals surface area contributed by atoms with Gasteiger partial charge in [0.15, 0.2) is 10.6 Å². The van der Waals surface area contributed by atoms with Gasteiger partial charge in [0, 0.05) is 5.92 Å². The summed E-state index contributed by atoms with van der Waals surface area (Å²) in [6.07, 6.45) is 0.0166. The van der Waals surface area contributed by atoms with Crippen LogP contribution in [0.3, 0.4) is 0 Å². The lowest BCUT2D eigenvalue weighted by molar-refractivity contribution is -0.128. The number of halogens is 3. The van der Waals surface area contributed by atoms with Crippen LogP contribution in [0, 0.1) is 5.92 Å². The van der Waals surface area contributed by atoms with Gasteiger partial charge in [-0.15, -0.1) is 11.6 Å². The summed E-state index contributed by atoms with van der Waals surface area (Å²) in [5, 5.41) is 11.4. The van der Waals surface area contributed by atoms with Gasteiger partial charge >= 0.3 is 0 Å². The Labute approximate surface area is 111 Å². The standard InChI is InChI=1S/C10H18Cl3NO2/c1-4-7(5-2)8(15)14-9(16)10(12,13)6(3)11/h6-7,9,16H,4-5H2,1-3H3,(H,14,15)/t6-,9+/m0/s1. The minimum absolute atomic E-state index is 0.149. The van der Waals surface area contributed by atoms with E-state index in [0.717, 1.165) is 0 Å². The van der Waals surface area contributed by atoms with Crippen LogP contribution in [-0.2, 0) is 4.79 Å². The fourth-order valence-corrected chi connectivity index (χ4v) is 1.45. The van der Waals surface area contributed by atoms with E-state index in [9.17, 15) is 9.90 Å². The van der Waals surface area contributed by atoms with Crippen molar-refractivity contribution in [3.05, 3.63) is 0 Å². The van der Waals surface area contributed by atoms with E-state index in [0.29, 0.717) is 12.8 Å². The van der Waals surface area contributed by atoms with Crippen LogP contribution in [0.4, 0.5) is 0 Å². The molecule has 0 aromatic rings. The van der Waals surface area contributed by atoms with Crippen molar-refractivity contribution in [1.82, 2.24) is 5.32 Å².